The molecule has 61 heteroatoms. The zero-order valence-electron chi connectivity index (χ0n) is 74.3. The summed E-state index contributed by atoms with van der Waals surface area (Å²) in [7, 11) is 0. The molecule has 4 amide bonds. The third kappa shape index (κ3) is 24.6. The molecule has 0 aromatic rings. The van der Waals surface area contributed by atoms with Crippen LogP contribution in [0.5, 0.6) is 0 Å². The molecule has 56 atom stereocenters. The number of rotatable bonds is 36. The Kier molecular flexibility index (Phi) is 40.1. The van der Waals surface area contributed by atoms with Gasteiger partial charge in [-0.25, -0.2) is 4.79 Å². The van der Waals surface area contributed by atoms with Crippen LogP contribution in [0.4, 0.5) is 0 Å². The molecule has 61 nitrogen and oxygen atoms in total. The first kappa shape index (κ1) is 114. The predicted octanol–water partition coefficient (Wildman–Crippen LogP) is -23.1. The lowest BCUT2D eigenvalue weighted by Gasteiger charge is -2.52. The van der Waals surface area contributed by atoms with Crippen molar-refractivity contribution < 1.29 is 282 Å². The largest absolute Gasteiger partial charge is 0.477 e. The molecular formula is C77H128N4O57. The molecule has 798 valence electrons. The van der Waals surface area contributed by atoms with Gasteiger partial charge in [-0.1, -0.05) is 0 Å². The second kappa shape index (κ2) is 48.8. The van der Waals surface area contributed by atoms with E-state index in [4.69, 9.17) is 99.5 Å². The van der Waals surface area contributed by atoms with Gasteiger partial charge < -0.3 is 279 Å². The number of ether oxygens (including phenoxy) is 21. The first-order valence-electron chi connectivity index (χ1n) is 44.0. The molecule has 0 aliphatic carbocycles. The van der Waals surface area contributed by atoms with Crippen LogP contribution >= 0.6 is 0 Å². The number of hydrogen-bond donors (Lipinski definition) is 35. The predicted molar refractivity (Wildman–Crippen MR) is 423 cm³/mol. The summed E-state index contributed by atoms with van der Waals surface area (Å²) in [5.74, 6) is -9.72. The monoisotopic (exact) mass is 2020 g/mol. The Hall–Kier alpha value is -4.69. The van der Waals surface area contributed by atoms with E-state index in [2.05, 4.69) is 21.3 Å². The number of carbonyl (C=O) groups excluding carboxylic acids is 4. The van der Waals surface area contributed by atoms with Crippen LogP contribution in [0.3, 0.4) is 0 Å². The van der Waals surface area contributed by atoms with Crippen molar-refractivity contribution in [3.63, 3.8) is 0 Å². The van der Waals surface area contributed by atoms with Crippen molar-refractivity contribution in [1.29, 1.82) is 0 Å². The maximum atomic E-state index is 13.8. The highest BCUT2D eigenvalue weighted by Crippen LogP contribution is 2.44. The van der Waals surface area contributed by atoms with Crippen molar-refractivity contribution >= 4 is 29.6 Å². The second-order valence-electron chi connectivity index (χ2n) is 35.2. The lowest BCUT2D eigenvalue weighted by atomic mass is 9.88. The number of carbonyl (C=O) groups is 5. The van der Waals surface area contributed by atoms with E-state index < -0.39 is 439 Å². The molecule has 11 saturated heterocycles. The quantitative estimate of drug-likeness (QED) is 0.0277. The van der Waals surface area contributed by atoms with Crippen molar-refractivity contribution in [1.82, 2.24) is 21.3 Å². The highest BCUT2D eigenvalue weighted by Gasteiger charge is 2.65. The topological polar surface area (TPSA) is 954 Å². The Labute approximate surface area is 780 Å². The van der Waals surface area contributed by atoms with Crippen LogP contribution in [0.25, 0.3) is 0 Å². The van der Waals surface area contributed by atoms with Crippen LogP contribution in [0.2, 0.25) is 0 Å². The van der Waals surface area contributed by atoms with Crippen LogP contribution in [-0.2, 0) is 123 Å². The average molecular weight is 2020 g/mol. The lowest BCUT2D eigenvalue weighted by molar-refractivity contribution is -0.400. The average Bonchev–Trinajstić information content (AvgIpc) is 0.768. The number of carboxylic acid groups (broad SMARTS) is 1. The molecule has 35 N–H and O–H groups in total. The fourth-order valence-electron chi connectivity index (χ4n) is 18.0. The molecule has 11 heterocycles. The van der Waals surface area contributed by atoms with Gasteiger partial charge in [0.2, 0.25) is 23.6 Å². The molecule has 11 fully saturated rings. The Morgan fingerprint density at radius 2 is 0.630 bits per heavy atom. The van der Waals surface area contributed by atoms with Gasteiger partial charge in [-0.05, 0) is 13.8 Å². The number of nitrogens with one attached hydrogen (secondary N) is 4. The number of aliphatic carboxylic acids is 1. The smallest absolute Gasteiger partial charge is 0.364 e. The molecule has 0 bridgehead atoms. The van der Waals surface area contributed by atoms with E-state index in [0.29, 0.717) is 0 Å². The highest BCUT2D eigenvalue weighted by molar-refractivity contribution is 5.77. The number of carboxylic acids is 1. The van der Waals surface area contributed by atoms with Crippen LogP contribution in [0.15, 0.2) is 0 Å². The van der Waals surface area contributed by atoms with Crippen LogP contribution in [0.1, 0.15) is 48.0 Å². The van der Waals surface area contributed by atoms with Gasteiger partial charge >= 0.3 is 5.97 Å². The molecule has 11 rings (SSSR count). The molecule has 0 spiro atoms. The first-order chi connectivity index (χ1) is 65.1. The van der Waals surface area contributed by atoms with Crippen molar-refractivity contribution in [2.75, 3.05) is 59.5 Å². The van der Waals surface area contributed by atoms with Gasteiger partial charge in [-0.15, -0.1) is 0 Å². The maximum Gasteiger partial charge on any atom is 0.364 e. The minimum atomic E-state index is -3.42. The van der Waals surface area contributed by atoms with Gasteiger partial charge in [0.15, 0.2) is 62.9 Å². The van der Waals surface area contributed by atoms with Crippen LogP contribution in [0, 0.1) is 0 Å². The zero-order chi connectivity index (χ0) is 102. The Morgan fingerprint density at radius 3 is 1.05 bits per heavy atom. The molecule has 138 heavy (non-hydrogen) atoms. The Bertz CT molecular complexity index is 3850. The van der Waals surface area contributed by atoms with E-state index >= 15 is 0 Å². The summed E-state index contributed by atoms with van der Waals surface area (Å²) in [6, 6.07) is -8.09. The summed E-state index contributed by atoms with van der Waals surface area (Å²) in [6.45, 7) is -4.99. The summed E-state index contributed by atoms with van der Waals surface area (Å²) in [5, 5.41) is 357. The first-order valence-corrected chi connectivity index (χ1v) is 44.0. The fourth-order valence-corrected chi connectivity index (χ4v) is 18.0. The zero-order valence-corrected chi connectivity index (χ0v) is 74.3. The maximum absolute atomic E-state index is 13.8. The second-order valence-corrected chi connectivity index (χ2v) is 35.2. The normalized spacial score (nSPS) is 49.1. The van der Waals surface area contributed by atoms with Gasteiger partial charge in [0.25, 0.3) is 5.79 Å². The SMILES string of the molecule is CC(=O)N[C@H]1[C@H](OC[C@H]2O[C@@H](O[C@H]3[C@H](O)[C@@H](O)[C@@H](O)O[C@@H]3CO)[C@H](O)[C@@H](O[C@@H]3O[C@H](CO)[C@@H](O[C@@H]4O[C@@H](C)[C@@H](O)[C@@H](O)[C@@H]4O)[C@H](O[C@@H]4O[C@H](CO)[C@H](O)[C@H](O[C@]5(C(=O)O)C[C@H](O)[C@@H](NC(C)=O)[C@H]([C@H](O)[C@H](O)CO)O5)[C@H]4O)[C@H]3NC(C)=O)[C@H]2O)O[C@H](CO)[C@@H](O[C@@H]2O[C@H](CO)[C@H](O)[C@H](O[C@@H]3O[C@H](CO)[C@@H](O[C@@H]4O[C@H](CO)[C@H](O)[C@H](O)[C@H]4O)[C@H](O[C@@H]4O[C@@H](C)[C@@H](O)[C@@H](O)[C@@H]4O)[C@H]3NC(C)=O)[C@H]2O)[C@@H]1O. The standard InChI is InChI=1S/C77H128N4O57/c1-17-37(96)45(104)50(109)70(119-17)131-58-30(14-88)126-69(36(81-22(6)93)62(58)134-75-55(114)65(42(101)27(11-85)124-75)138-77(76(116)117)7-23(94)33(78-19(3)90)60(137-77)39(98)24(95)8-82)136-64-43(102)32(128-74(54(64)113)130-57-28(12-86)121-66(115)49(108)48(57)107)16-118-67-34(79-20(4)91)44(103)56(29(13-87)125-67)129-73-53(112)63(41(100)26(10-84)123-73)135-68-35(80-21(5)92)61(133-71-51(110)46(105)38(97)18(2)120-71)59(31(15-89)127-68)132-72-52(111)47(106)40(99)25(9-83)122-72/h17-18,23-75,82-89,94-115H,7-16H2,1-6H3,(H,78,90)(H,79,91)(H,80,92)(H,81,93)(H,116,117)/t17-,18-,23-,24+,25+,26+,27+,28+,29+,30+,31+,32+,33+,34+,35+,36+,37+,38+,39+,40-,41-,42-,43-,44+,45+,46+,47-,48+,49+,50-,51-,52+,53+,54+,55+,56+,57+,58+,59+,60+,61+,62+,63-,64-,65-,66-,67+,68-,69-,70-,71-,72-,73-,74-,75-,77-/m0/s1. The number of aliphatic hydroxyl groups is 30. The summed E-state index contributed by atoms with van der Waals surface area (Å²) < 4.78 is 126. The Balaban J connectivity index is 0.900. The van der Waals surface area contributed by atoms with Crippen LogP contribution in [-0.4, -0.2) is 590 Å². The van der Waals surface area contributed by atoms with E-state index in [1.807, 2.05) is 0 Å². The molecule has 0 radical (unpaired) electrons. The third-order valence-corrected chi connectivity index (χ3v) is 25.5. The van der Waals surface area contributed by atoms with Gasteiger partial charge in [-0.2, -0.15) is 0 Å². The molecule has 11 aliphatic heterocycles. The minimum Gasteiger partial charge on any atom is -0.477 e. The summed E-state index contributed by atoms with van der Waals surface area (Å²) in [4.78, 5) is 66.5. The fraction of sp³-hybridized carbons (Fsp3) is 0.935. The van der Waals surface area contributed by atoms with Gasteiger partial charge in [-0.3, -0.25) is 19.2 Å². The van der Waals surface area contributed by atoms with E-state index in [9.17, 15) is 182 Å². The summed E-state index contributed by atoms with van der Waals surface area (Å²) in [6.07, 6.45) is -112. The van der Waals surface area contributed by atoms with E-state index in [1.54, 1.807) is 0 Å². The third-order valence-electron chi connectivity index (χ3n) is 25.5. The summed E-state index contributed by atoms with van der Waals surface area (Å²) >= 11 is 0. The van der Waals surface area contributed by atoms with Gasteiger partial charge in [0.05, 0.1) is 83.8 Å². The summed E-state index contributed by atoms with van der Waals surface area (Å²) in [5.41, 5.74) is 0. The lowest BCUT2D eigenvalue weighted by Crippen LogP contribution is -2.72. The van der Waals surface area contributed by atoms with Gasteiger partial charge in [0, 0.05) is 34.1 Å². The Morgan fingerprint density at radius 1 is 0.312 bits per heavy atom. The molecule has 0 aromatic carbocycles. The molecule has 0 aromatic heterocycles. The van der Waals surface area contributed by atoms with E-state index in [0.717, 1.165) is 27.7 Å². The van der Waals surface area contributed by atoms with Crippen molar-refractivity contribution in [2.24, 2.45) is 0 Å². The molecule has 0 saturated carbocycles. The number of hydrogen-bond acceptors (Lipinski definition) is 56. The molecule has 0 unspecified atom stereocenters. The number of amides is 4. The van der Waals surface area contributed by atoms with Crippen molar-refractivity contribution in [3.05, 3.63) is 0 Å². The number of aliphatic hydroxyl groups excluding tert-OH is 30. The molecular weight excluding hydrogens is 1890 g/mol. The molecule has 11 aliphatic rings. The highest BCUT2D eigenvalue weighted by atomic mass is 16.8. The van der Waals surface area contributed by atoms with E-state index in [-0.39, 0.29) is 0 Å². The van der Waals surface area contributed by atoms with Crippen molar-refractivity contribution in [2.45, 2.75) is 391 Å². The van der Waals surface area contributed by atoms with Crippen molar-refractivity contribution in [3.8, 4) is 0 Å². The van der Waals surface area contributed by atoms with Crippen LogP contribution < -0.4 is 21.3 Å². The minimum absolute atomic E-state index is 0.830. The van der Waals surface area contributed by atoms with Gasteiger partial charge in [0.1, 0.15) is 250 Å². The van der Waals surface area contributed by atoms with E-state index in [1.165, 1.54) is 13.8 Å².